The highest BCUT2D eigenvalue weighted by molar-refractivity contribution is 6.18. The van der Waals surface area contributed by atoms with Gasteiger partial charge in [-0.2, -0.15) is 0 Å². The summed E-state index contributed by atoms with van der Waals surface area (Å²) in [4.78, 5) is 34.8. The van der Waals surface area contributed by atoms with Gasteiger partial charge in [0.05, 0.1) is 19.8 Å². The van der Waals surface area contributed by atoms with Crippen molar-refractivity contribution < 1.29 is 19.1 Å². The predicted molar refractivity (Wildman–Crippen MR) is 59.7 cm³/mol. The molecule has 0 saturated carbocycles. The van der Waals surface area contributed by atoms with E-state index in [1.807, 2.05) is 0 Å². The van der Waals surface area contributed by atoms with E-state index in [4.69, 9.17) is 10.5 Å². The number of rotatable bonds is 6. The standard InChI is InChI=1S/C11H16N2O4/c1-7-8(2)11(16)13(10(7)15)4-6-17-5-3-9(12)14/h3-6H2,1-2H3,(H2,12,14). The lowest BCUT2D eigenvalue weighted by atomic mass is 10.2. The highest BCUT2D eigenvalue weighted by atomic mass is 16.5. The molecule has 94 valence electrons. The van der Waals surface area contributed by atoms with Crippen molar-refractivity contribution in [3.05, 3.63) is 11.1 Å². The van der Waals surface area contributed by atoms with Crippen LogP contribution < -0.4 is 5.73 Å². The predicted octanol–water partition coefficient (Wildman–Crippen LogP) is -0.416. The van der Waals surface area contributed by atoms with Crippen LogP contribution >= 0.6 is 0 Å². The monoisotopic (exact) mass is 240 g/mol. The number of carbonyl (C=O) groups is 3. The third-order valence-corrected chi connectivity index (χ3v) is 2.65. The van der Waals surface area contributed by atoms with Crippen LogP contribution in [0.1, 0.15) is 20.3 Å². The molecule has 6 nitrogen and oxygen atoms in total. The van der Waals surface area contributed by atoms with Gasteiger partial charge in [0.15, 0.2) is 0 Å². The average molecular weight is 240 g/mol. The fourth-order valence-electron chi connectivity index (χ4n) is 1.45. The summed E-state index contributed by atoms with van der Waals surface area (Å²) in [7, 11) is 0. The number of ether oxygens (including phenoxy) is 1. The number of imide groups is 1. The van der Waals surface area contributed by atoms with Crippen LogP contribution in [0.25, 0.3) is 0 Å². The van der Waals surface area contributed by atoms with E-state index in [1.54, 1.807) is 13.8 Å². The first kappa shape index (κ1) is 13.4. The number of amides is 3. The molecule has 17 heavy (non-hydrogen) atoms. The van der Waals surface area contributed by atoms with E-state index in [0.29, 0.717) is 11.1 Å². The maximum Gasteiger partial charge on any atom is 0.256 e. The second-order valence-electron chi connectivity index (χ2n) is 3.84. The van der Waals surface area contributed by atoms with Crippen molar-refractivity contribution in [1.82, 2.24) is 4.90 Å². The number of nitrogens with two attached hydrogens (primary N) is 1. The van der Waals surface area contributed by atoms with Gasteiger partial charge in [-0.05, 0) is 13.8 Å². The van der Waals surface area contributed by atoms with Gasteiger partial charge in [0.1, 0.15) is 0 Å². The first-order valence-electron chi connectivity index (χ1n) is 5.35. The van der Waals surface area contributed by atoms with Gasteiger partial charge >= 0.3 is 0 Å². The van der Waals surface area contributed by atoms with Crippen molar-refractivity contribution >= 4 is 17.7 Å². The number of primary amides is 1. The van der Waals surface area contributed by atoms with Crippen LogP contribution in [0.3, 0.4) is 0 Å². The van der Waals surface area contributed by atoms with Crippen molar-refractivity contribution in [1.29, 1.82) is 0 Å². The first-order valence-corrected chi connectivity index (χ1v) is 5.35. The Labute approximate surface area is 99.4 Å². The molecule has 1 rings (SSSR count). The number of nitrogens with zero attached hydrogens (tertiary/aromatic N) is 1. The zero-order valence-electron chi connectivity index (χ0n) is 9.99. The molecule has 0 unspecified atom stereocenters. The minimum absolute atomic E-state index is 0.137. The summed E-state index contributed by atoms with van der Waals surface area (Å²) in [6.07, 6.45) is 0.137. The van der Waals surface area contributed by atoms with Gasteiger partial charge in [-0.15, -0.1) is 0 Å². The SMILES string of the molecule is CC1=C(C)C(=O)N(CCOCCC(N)=O)C1=O. The van der Waals surface area contributed by atoms with E-state index in [2.05, 4.69) is 0 Å². The molecule has 2 N–H and O–H groups in total. The summed E-state index contributed by atoms with van der Waals surface area (Å²) in [6, 6.07) is 0. The molecule has 0 aromatic heterocycles. The molecule has 0 spiro atoms. The van der Waals surface area contributed by atoms with Gasteiger partial charge in [-0.1, -0.05) is 0 Å². The zero-order chi connectivity index (χ0) is 13.0. The Kier molecular flexibility index (Phi) is 4.39. The van der Waals surface area contributed by atoms with Gasteiger partial charge < -0.3 is 10.5 Å². The highest BCUT2D eigenvalue weighted by Crippen LogP contribution is 2.18. The van der Waals surface area contributed by atoms with Crippen LogP contribution in [0.5, 0.6) is 0 Å². The Hall–Kier alpha value is -1.69. The van der Waals surface area contributed by atoms with Gasteiger partial charge in [0, 0.05) is 17.6 Å². The molecular weight excluding hydrogens is 224 g/mol. The van der Waals surface area contributed by atoms with E-state index >= 15 is 0 Å². The van der Waals surface area contributed by atoms with Crippen molar-refractivity contribution in [2.75, 3.05) is 19.8 Å². The van der Waals surface area contributed by atoms with Crippen LogP contribution in [0.2, 0.25) is 0 Å². The van der Waals surface area contributed by atoms with Crippen LogP contribution in [0.15, 0.2) is 11.1 Å². The molecule has 0 saturated heterocycles. The lowest BCUT2D eigenvalue weighted by molar-refractivity contribution is -0.138. The smallest absolute Gasteiger partial charge is 0.256 e. The molecule has 0 aliphatic carbocycles. The van der Waals surface area contributed by atoms with E-state index in [-0.39, 0.29) is 38.0 Å². The molecule has 0 bridgehead atoms. The molecule has 1 aliphatic heterocycles. The summed E-state index contributed by atoms with van der Waals surface area (Å²) >= 11 is 0. The lowest BCUT2D eigenvalue weighted by Gasteiger charge is -2.14. The van der Waals surface area contributed by atoms with Crippen LogP contribution in [-0.2, 0) is 19.1 Å². The zero-order valence-corrected chi connectivity index (χ0v) is 9.99. The molecule has 0 aromatic rings. The molecule has 0 atom stereocenters. The summed E-state index contributed by atoms with van der Waals surface area (Å²) in [5.74, 6) is -0.983. The largest absolute Gasteiger partial charge is 0.379 e. The summed E-state index contributed by atoms with van der Waals surface area (Å²) in [5.41, 5.74) is 5.89. The van der Waals surface area contributed by atoms with Crippen LogP contribution in [0.4, 0.5) is 0 Å². The summed E-state index contributed by atoms with van der Waals surface area (Å²) in [6.45, 7) is 3.88. The molecule has 3 amide bonds. The van der Waals surface area contributed by atoms with Crippen molar-refractivity contribution in [2.45, 2.75) is 20.3 Å². The van der Waals surface area contributed by atoms with Gasteiger partial charge in [0.2, 0.25) is 5.91 Å². The van der Waals surface area contributed by atoms with Gasteiger partial charge in [-0.3, -0.25) is 19.3 Å². The lowest BCUT2D eigenvalue weighted by Crippen LogP contribution is -2.34. The van der Waals surface area contributed by atoms with Crippen LogP contribution in [-0.4, -0.2) is 42.4 Å². The molecule has 6 heteroatoms. The Morgan fingerprint density at radius 1 is 1.18 bits per heavy atom. The Morgan fingerprint density at radius 3 is 2.18 bits per heavy atom. The van der Waals surface area contributed by atoms with E-state index < -0.39 is 5.91 Å². The van der Waals surface area contributed by atoms with E-state index in [0.717, 1.165) is 4.90 Å². The Morgan fingerprint density at radius 2 is 1.71 bits per heavy atom. The number of hydrogen-bond donors (Lipinski definition) is 1. The fourth-order valence-corrected chi connectivity index (χ4v) is 1.45. The van der Waals surface area contributed by atoms with Crippen molar-refractivity contribution in [3.63, 3.8) is 0 Å². The highest BCUT2D eigenvalue weighted by Gasteiger charge is 2.32. The molecule has 0 aromatic carbocycles. The first-order chi connectivity index (χ1) is 7.95. The molecule has 1 aliphatic rings. The Balaban J connectivity index is 2.33. The van der Waals surface area contributed by atoms with Gasteiger partial charge in [0.25, 0.3) is 11.8 Å². The summed E-state index contributed by atoms with van der Waals surface area (Å²) in [5, 5.41) is 0. The quantitative estimate of drug-likeness (QED) is 0.504. The third-order valence-electron chi connectivity index (χ3n) is 2.65. The van der Waals surface area contributed by atoms with Crippen LogP contribution in [0, 0.1) is 0 Å². The third kappa shape index (κ3) is 3.13. The fraction of sp³-hybridized carbons (Fsp3) is 0.545. The minimum atomic E-state index is -0.438. The summed E-state index contributed by atoms with van der Waals surface area (Å²) < 4.78 is 5.11. The molecule has 0 fully saturated rings. The molecular formula is C11H16N2O4. The van der Waals surface area contributed by atoms with Crippen molar-refractivity contribution in [3.8, 4) is 0 Å². The topological polar surface area (TPSA) is 89.7 Å². The number of carbonyl (C=O) groups excluding carboxylic acids is 3. The number of hydrogen-bond acceptors (Lipinski definition) is 4. The normalized spacial score (nSPS) is 16.0. The molecule has 1 heterocycles. The second kappa shape index (κ2) is 5.58. The van der Waals surface area contributed by atoms with Gasteiger partial charge in [-0.25, -0.2) is 0 Å². The molecule has 0 radical (unpaired) electrons. The Bertz CT molecular complexity index is 363. The van der Waals surface area contributed by atoms with Crippen molar-refractivity contribution in [2.24, 2.45) is 5.73 Å². The van der Waals surface area contributed by atoms with E-state index in [1.165, 1.54) is 0 Å². The van der Waals surface area contributed by atoms with E-state index in [9.17, 15) is 14.4 Å². The maximum atomic E-state index is 11.6. The average Bonchev–Trinajstić information content (AvgIpc) is 2.45. The minimum Gasteiger partial charge on any atom is -0.379 e. The maximum absolute atomic E-state index is 11.6. The second-order valence-corrected chi connectivity index (χ2v) is 3.84.